The van der Waals surface area contributed by atoms with E-state index < -0.39 is 0 Å². The highest BCUT2D eigenvalue weighted by molar-refractivity contribution is 5.87. The van der Waals surface area contributed by atoms with Gasteiger partial charge in [0.25, 0.3) is 0 Å². The van der Waals surface area contributed by atoms with Crippen LogP contribution in [0.5, 0.6) is 0 Å². The second kappa shape index (κ2) is 6.98. The smallest absolute Gasteiger partial charge is 0.245 e. The zero-order valence-electron chi connectivity index (χ0n) is 15.7. The summed E-state index contributed by atoms with van der Waals surface area (Å²) in [6.45, 7) is 3.61. The molecule has 0 N–H and O–H groups in total. The molecule has 1 aliphatic rings. The molecule has 0 spiro atoms. The third-order valence-electron chi connectivity index (χ3n) is 5.52. The standard InChI is InChI=1S/C20H24N6O/c1-4-19(27)25(3)16-7-5-6-14(10-16)20-18-8-9-21-26(18)13-17(23-20)15-11-22-24(2)12-15/h4,8-9,11-14,16H,1,5-7,10H2,2-3H3. The SMILES string of the molecule is C=CC(=O)N(C)C1CCCC(c2nc(-c3cnn(C)c3)cn3nccc23)C1. The van der Waals surface area contributed by atoms with Gasteiger partial charge in [-0.3, -0.25) is 9.48 Å². The summed E-state index contributed by atoms with van der Waals surface area (Å²) in [6, 6.07) is 2.22. The first-order chi connectivity index (χ1) is 13.1. The summed E-state index contributed by atoms with van der Waals surface area (Å²) in [4.78, 5) is 18.9. The molecule has 1 amide bonds. The maximum absolute atomic E-state index is 12.0. The topological polar surface area (TPSA) is 68.3 Å². The van der Waals surface area contributed by atoms with Gasteiger partial charge in [-0.15, -0.1) is 0 Å². The number of nitrogens with zero attached hydrogens (tertiary/aromatic N) is 6. The molecule has 1 aliphatic carbocycles. The molecular formula is C20H24N6O. The Bertz CT molecular complexity index is 987. The van der Waals surface area contributed by atoms with E-state index in [0.717, 1.165) is 48.2 Å². The van der Waals surface area contributed by atoms with Crippen molar-refractivity contribution in [1.82, 2.24) is 29.3 Å². The highest BCUT2D eigenvalue weighted by atomic mass is 16.2. The maximum Gasteiger partial charge on any atom is 0.245 e. The first kappa shape index (κ1) is 17.5. The summed E-state index contributed by atoms with van der Waals surface area (Å²) >= 11 is 0. The minimum absolute atomic E-state index is 0.0211. The quantitative estimate of drug-likeness (QED) is 0.668. The fourth-order valence-corrected chi connectivity index (χ4v) is 4.03. The molecule has 2 atom stereocenters. The molecule has 4 rings (SSSR count). The van der Waals surface area contributed by atoms with Crippen LogP contribution in [0.25, 0.3) is 16.8 Å². The van der Waals surface area contributed by atoms with Gasteiger partial charge in [-0.05, 0) is 31.4 Å². The number of hydrogen-bond acceptors (Lipinski definition) is 4. The molecule has 3 aromatic heterocycles. The number of amides is 1. The lowest BCUT2D eigenvalue weighted by molar-refractivity contribution is -0.127. The molecule has 1 fully saturated rings. The number of likely N-dealkylation sites (N-methyl/N-ethyl adjacent to an activating group) is 1. The molecule has 0 radical (unpaired) electrons. The molecule has 7 heteroatoms. The van der Waals surface area contributed by atoms with E-state index in [4.69, 9.17) is 4.98 Å². The Morgan fingerprint density at radius 1 is 1.33 bits per heavy atom. The number of hydrogen-bond donors (Lipinski definition) is 0. The van der Waals surface area contributed by atoms with Gasteiger partial charge in [0.15, 0.2) is 0 Å². The Balaban J connectivity index is 1.71. The Morgan fingerprint density at radius 3 is 2.93 bits per heavy atom. The molecule has 3 aromatic rings. The number of fused-ring (bicyclic) bond motifs is 1. The van der Waals surface area contributed by atoms with Crippen LogP contribution in [0.1, 0.15) is 37.3 Å². The summed E-state index contributed by atoms with van der Waals surface area (Å²) in [6.07, 6.45) is 13.0. The number of carbonyl (C=O) groups excluding carboxylic acids is 1. The Morgan fingerprint density at radius 2 is 2.19 bits per heavy atom. The van der Waals surface area contributed by atoms with Crippen molar-refractivity contribution in [3.63, 3.8) is 0 Å². The summed E-state index contributed by atoms with van der Waals surface area (Å²) in [5.41, 5.74) is 3.93. The van der Waals surface area contributed by atoms with Crippen LogP contribution in [-0.4, -0.2) is 48.3 Å². The van der Waals surface area contributed by atoms with Crippen molar-refractivity contribution < 1.29 is 4.79 Å². The van der Waals surface area contributed by atoms with Crippen LogP contribution in [0.2, 0.25) is 0 Å². The van der Waals surface area contributed by atoms with Crippen LogP contribution in [0.4, 0.5) is 0 Å². The zero-order valence-corrected chi connectivity index (χ0v) is 15.7. The average molecular weight is 364 g/mol. The van der Waals surface area contributed by atoms with E-state index >= 15 is 0 Å². The minimum Gasteiger partial charge on any atom is -0.339 e. The van der Waals surface area contributed by atoms with Crippen LogP contribution in [0.3, 0.4) is 0 Å². The van der Waals surface area contributed by atoms with Crippen molar-refractivity contribution in [2.75, 3.05) is 7.05 Å². The van der Waals surface area contributed by atoms with Crippen molar-refractivity contribution in [3.05, 3.63) is 49.2 Å². The Hall–Kier alpha value is -2.96. The summed E-state index contributed by atoms with van der Waals surface area (Å²) in [7, 11) is 3.76. The van der Waals surface area contributed by atoms with E-state index in [2.05, 4.69) is 16.8 Å². The van der Waals surface area contributed by atoms with Gasteiger partial charge in [-0.2, -0.15) is 10.2 Å². The summed E-state index contributed by atoms with van der Waals surface area (Å²) < 4.78 is 3.67. The lowest BCUT2D eigenvalue weighted by Gasteiger charge is -2.35. The van der Waals surface area contributed by atoms with Crippen molar-refractivity contribution in [3.8, 4) is 11.3 Å². The average Bonchev–Trinajstić information content (AvgIpc) is 3.34. The van der Waals surface area contributed by atoms with Crippen molar-refractivity contribution in [2.24, 2.45) is 7.05 Å². The molecule has 0 saturated heterocycles. The number of aryl methyl sites for hydroxylation is 1. The van der Waals surface area contributed by atoms with Crippen LogP contribution in [0.15, 0.2) is 43.5 Å². The monoisotopic (exact) mass is 364 g/mol. The molecular weight excluding hydrogens is 340 g/mol. The van der Waals surface area contributed by atoms with E-state index in [-0.39, 0.29) is 11.9 Å². The van der Waals surface area contributed by atoms with E-state index in [1.54, 1.807) is 10.9 Å². The van der Waals surface area contributed by atoms with Gasteiger partial charge in [0.05, 0.1) is 35.5 Å². The van der Waals surface area contributed by atoms with Crippen molar-refractivity contribution >= 4 is 11.4 Å². The van der Waals surface area contributed by atoms with E-state index in [1.807, 2.05) is 48.2 Å². The van der Waals surface area contributed by atoms with Crippen molar-refractivity contribution in [2.45, 2.75) is 37.6 Å². The highest BCUT2D eigenvalue weighted by Crippen LogP contribution is 2.36. The lowest BCUT2D eigenvalue weighted by atomic mass is 9.82. The van der Waals surface area contributed by atoms with Crippen LogP contribution in [0, 0.1) is 0 Å². The third-order valence-corrected chi connectivity index (χ3v) is 5.52. The second-order valence-electron chi connectivity index (χ2n) is 7.25. The van der Waals surface area contributed by atoms with Gasteiger partial charge < -0.3 is 4.90 Å². The van der Waals surface area contributed by atoms with Gasteiger partial charge in [0.2, 0.25) is 5.91 Å². The Labute approximate surface area is 158 Å². The molecule has 2 unspecified atom stereocenters. The predicted molar refractivity (Wildman–Crippen MR) is 103 cm³/mol. The molecule has 0 aromatic carbocycles. The number of carbonyl (C=O) groups is 1. The highest BCUT2D eigenvalue weighted by Gasteiger charge is 2.30. The third kappa shape index (κ3) is 3.25. The maximum atomic E-state index is 12.0. The largest absolute Gasteiger partial charge is 0.339 e. The van der Waals surface area contributed by atoms with Gasteiger partial charge in [-0.25, -0.2) is 9.50 Å². The second-order valence-corrected chi connectivity index (χ2v) is 7.25. The van der Waals surface area contributed by atoms with E-state index in [0.29, 0.717) is 5.92 Å². The predicted octanol–water partition coefficient (Wildman–Crippen LogP) is 2.80. The Kier molecular flexibility index (Phi) is 4.51. The minimum atomic E-state index is -0.0211. The van der Waals surface area contributed by atoms with Crippen LogP contribution >= 0.6 is 0 Å². The molecule has 3 heterocycles. The zero-order chi connectivity index (χ0) is 19.0. The van der Waals surface area contributed by atoms with Gasteiger partial charge in [-0.1, -0.05) is 13.0 Å². The van der Waals surface area contributed by atoms with Crippen LogP contribution in [-0.2, 0) is 11.8 Å². The lowest BCUT2D eigenvalue weighted by Crippen LogP contribution is -2.39. The molecule has 1 saturated carbocycles. The fraction of sp³-hybridized carbons (Fsp3) is 0.400. The van der Waals surface area contributed by atoms with Crippen molar-refractivity contribution in [1.29, 1.82) is 0 Å². The molecule has 0 aliphatic heterocycles. The molecule has 7 nitrogen and oxygen atoms in total. The molecule has 0 bridgehead atoms. The van der Waals surface area contributed by atoms with Gasteiger partial charge in [0.1, 0.15) is 0 Å². The molecule has 27 heavy (non-hydrogen) atoms. The molecule has 140 valence electrons. The normalized spacial score (nSPS) is 19.9. The first-order valence-electron chi connectivity index (χ1n) is 9.29. The fourth-order valence-electron chi connectivity index (χ4n) is 4.03. The van der Waals surface area contributed by atoms with E-state index in [9.17, 15) is 4.79 Å². The van der Waals surface area contributed by atoms with Crippen LogP contribution < -0.4 is 0 Å². The van der Waals surface area contributed by atoms with Gasteiger partial charge in [0, 0.05) is 37.8 Å². The summed E-state index contributed by atoms with van der Waals surface area (Å²) in [5, 5.41) is 8.69. The summed E-state index contributed by atoms with van der Waals surface area (Å²) in [5.74, 6) is 0.270. The first-order valence-corrected chi connectivity index (χ1v) is 9.29. The number of aromatic nitrogens is 5. The number of rotatable bonds is 4. The van der Waals surface area contributed by atoms with E-state index in [1.165, 1.54) is 6.08 Å². The van der Waals surface area contributed by atoms with Gasteiger partial charge >= 0.3 is 0 Å².